The zero-order chi connectivity index (χ0) is 13.3. The lowest BCUT2D eigenvalue weighted by molar-refractivity contribution is 0.0660. The Morgan fingerprint density at radius 2 is 2.22 bits per heavy atom. The molecule has 0 bridgehead atoms. The van der Waals surface area contributed by atoms with E-state index in [0.717, 1.165) is 0 Å². The molecule has 2 aromatic heterocycles. The third-order valence-corrected chi connectivity index (χ3v) is 2.81. The van der Waals surface area contributed by atoms with Gasteiger partial charge in [0.25, 0.3) is 5.56 Å². The molecule has 0 aliphatic heterocycles. The molecule has 8 heteroatoms. The number of nitrogens with one attached hydrogen (secondary N) is 1. The summed E-state index contributed by atoms with van der Waals surface area (Å²) in [5, 5.41) is 8.85. The lowest BCUT2D eigenvalue weighted by atomic mass is 10.2. The third-order valence-electron chi connectivity index (χ3n) is 2.25. The molecule has 7 nitrogen and oxygen atoms in total. The van der Waals surface area contributed by atoms with E-state index in [9.17, 15) is 14.4 Å². The predicted octanol–water partition coefficient (Wildman–Crippen LogP) is 0.639. The number of hydrogen-bond acceptors (Lipinski definition) is 4. The second-order valence-electron chi connectivity index (χ2n) is 3.44. The smallest absolute Gasteiger partial charge is 0.372 e. The van der Waals surface area contributed by atoms with Crippen molar-refractivity contribution >= 4 is 21.9 Å². The van der Waals surface area contributed by atoms with Crippen molar-refractivity contribution in [3.8, 4) is 0 Å². The van der Waals surface area contributed by atoms with E-state index in [1.807, 2.05) is 0 Å². The number of furan rings is 1. The van der Waals surface area contributed by atoms with Gasteiger partial charge in [0.05, 0.1) is 17.3 Å². The van der Waals surface area contributed by atoms with Gasteiger partial charge in [-0.1, -0.05) is 0 Å². The van der Waals surface area contributed by atoms with E-state index in [2.05, 4.69) is 20.9 Å². The van der Waals surface area contributed by atoms with Gasteiger partial charge in [-0.15, -0.1) is 0 Å². The number of H-pyrrole nitrogens is 1. The van der Waals surface area contributed by atoms with Crippen LogP contribution in [0.3, 0.4) is 0 Å². The van der Waals surface area contributed by atoms with Crippen LogP contribution in [-0.4, -0.2) is 20.6 Å². The monoisotopic (exact) mass is 314 g/mol. The Balaban J connectivity index is 2.43. The maximum absolute atomic E-state index is 11.5. The lowest BCUT2D eigenvalue weighted by Crippen LogP contribution is -2.30. The topological polar surface area (TPSA) is 105 Å². The van der Waals surface area contributed by atoms with Gasteiger partial charge in [0.1, 0.15) is 0 Å². The first-order chi connectivity index (χ1) is 8.49. The van der Waals surface area contributed by atoms with Crippen LogP contribution < -0.4 is 11.2 Å². The normalized spacial score (nSPS) is 10.5. The van der Waals surface area contributed by atoms with E-state index in [1.165, 1.54) is 23.1 Å². The fourth-order valence-electron chi connectivity index (χ4n) is 1.43. The molecule has 2 aromatic rings. The summed E-state index contributed by atoms with van der Waals surface area (Å²) >= 11 is 2.99. The van der Waals surface area contributed by atoms with Crippen LogP contribution in [0.4, 0.5) is 0 Å². The molecule has 2 rings (SSSR count). The zero-order valence-electron chi connectivity index (χ0n) is 8.84. The van der Waals surface area contributed by atoms with Crippen molar-refractivity contribution in [3.63, 3.8) is 0 Å². The molecule has 0 saturated carbocycles. The van der Waals surface area contributed by atoms with Crippen molar-refractivity contribution < 1.29 is 14.3 Å². The van der Waals surface area contributed by atoms with Crippen LogP contribution in [0.15, 0.2) is 37.0 Å². The molecule has 0 atom stereocenters. The van der Waals surface area contributed by atoms with Crippen molar-refractivity contribution in [2.75, 3.05) is 0 Å². The average molecular weight is 315 g/mol. The number of carboxylic acid groups (broad SMARTS) is 1. The van der Waals surface area contributed by atoms with E-state index in [4.69, 9.17) is 9.52 Å². The fourth-order valence-corrected chi connectivity index (χ4v) is 1.78. The predicted molar refractivity (Wildman–Crippen MR) is 63.8 cm³/mol. The lowest BCUT2D eigenvalue weighted by Gasteiger charge is -2.04. The van der Waals surface area contributed by atoms with Gasteiger partial charge < -0.3 is 9.52 Å². The molecule has 0 radical (unpaired) electrons. The highest BCUT2D eigenvalue weighted by Crippen LogP contribution is 2.11. The van der Waals surface area contributed by atoms with E-state index in [0.29, 0.717) is 5.56 Å². The van der Waals surface area contributed by atoms with Crippen LogP contribution in [0.25, 0.3) is 0 Å². The quantitative estimate of drug-likeness (QED) is 0.864. The van der Waals surface area contributed by atoms with Gasteiger partial charge in [-0.05, 0) is 22.0 Å². The first kappa shape index (κ1) is 12.4. The molecule has 0 fully saturated rings. The Morgan fingerprint density at radius 3 is 2.89 bits per heavy atom. The zero-order valence-corrected chi connectivity index (χ0v) is 10.4. The van der Waals surface area contributed by atoms with Crippen LogP contribution in [0, 0.1) is 0 Å². The number of aromatic carboxylic acids is 1. The minimum atomic E-state index is -1.22. The van der Waals surface area contributed by atoms with Gasteiger partial charge >= 0.3 is 11.7 Å². The maximum Gasteiger partial charge on any atom is 0.372 e. The minimum Gasteiger partial charge on any atom is -0.475 e. The Hall–Kier alpha value is -2.09. The highest BCUT2D eigenvalue weighted by atomic mass is 79.9. The number of aromatic nitrogens is 2. The molecule has 0 aliphatic rings. The van der Waals surface area contributed by atoms with Crippen molar-refractivity contribution in [1.82, 2.24) is 9.55 Å². The van der Waals surface area contributed by atoms with Gasteiger partial charge in [-0.25, -0.2) is 9.59 Å². The number of carboxylic acids is 1. The molecular formula is C10H7BrN2O5. The van der Waals surface area contributed by atoms with E-state index < -0.39 is 17.2 Å². The molecule has 94 valence electrons. The first-order valence-corrected chi connectivity index (χ1v) is 5.57. The number of nitrogens with zero attached hydrogens (tertiary/aromatic N) is 1. The number of halogens is 1. The summed E-state index contributed by atoms with van der Waals surface area (Å²) in [5.41, 5.74) is -0.828. The van der Waals surface area contributed by atoms with E-state index >= 15 is 0 Å². The van der Waals surface area contributed by atoms with E-state index in [1.54, 1.807) is 0 Å². The van der Waals surface area contributed by atoms with Crippen LogP contribution in [0.5, 0.6) is 0 Å². The molecule has 0 spiro atoms. The van der Waals surface area contributed by atoms with Crippen molar-refractivity contribution in [2.45, 2.75) is 6.54 Å². The number of rotatable bonds is 3. The molecule has 0 aliphatic carbocycles. The summed E-state index contributed by atoms with van der Waals surface area (Å²) < 4.78 is 6.15. The molecule has 0 amide bonds. The number of hydrogen-bond donors (Lipinski definition) is 2. The second-order valence-corrected chi connectivity index (χ2v) is 4.30. The minimum absolute atomic E-state index is 0.00759. The second kappa shape index (κ2) is 4.65. The molecule has 0 saturated heterocycles. The van der Waals surface area contributed by atoms with Crippen LogP contribution in [0.1, 0.15) is 16.1 Å². The summed E-state index contributed by atoms with van der Waals surface area (Å²) in [5.74, 6) is -1.45. The Kier molecular flexibility index (Phi) is 3.19. The van der Waals surface area contributed by atoms with E-state index in [-0.39, 0.29) is 16.8 Å². The standard InChI is InChI=1S/C10H7BrN2O5/c11-6-4-13(10(17)12-8(6)14)3-5-1-2-18-7(5)9(15)16/h1-2,4H,3H2,(H,15,16)(H,12,14,17). The van der Waals surface area contributed by atoms with Gasteiger partial charge in [-0.2, -0.15) is 0 Å². The average Bonchev–Trinajstić information content (AvgIpc) is 2.74. The highest BCUT2D eigenvalue weighted by molar-refractivity contribution is 9.10. The molecule has 18 heavy (non-hydrogen) atoms. The molecule has 2 heterocycles. The molecule has 0 unspecified atom stereocenters. The van der Waals surface area contributed by atoms with Gasteiger partial charge in [-0.3, -0.25) is 14.3 Å². The van der Waals surface area contributed by atoms with Crippen molar-refractivity contribution in [2.24, 2.45) is 0 Å². The SMILES string of the molecule is O=C(O)c1occc1Cn1cc(Br)c(=O)[nH]c1=O. The Bertz CT molecular complexity index is 712. The van der Waals surface area contributed by atoms with Gasteiger partial charge in [0.15, 0.2) is 0 Å². The summed E-state index contributed by atoms with van der Waals surface area (Å²) in [6.07, 6.45) is 2.52. The Labute approximate surface area is 108 Å². The van der Waals surface area contributed by atoms with Gasteiger partial charge in [0, 0.05) is 11.8 Å². The molecular weight excluding hydrogens is 308 g/mol. The first-order valence-electron chi connectivity index (χ1n) is 4.78. The summed E-state index contributed by atoms with van der Waals surface area (Å²) in [6.45, 7) is -0.00759. The number of aromatic amines is 1. The molecule has 0 aromatic carbocycles. The summed E-state index contributed by atoms with van der Waals surface area (Å²) in [4.78, 5) is 35.6. The maximum atomic E-state index is 11.5. The summed E-state index contributed by atoms with van der Waals surface area (Å²) in [6, 6.07) is 1.45. The van der Waals surface area contributed by atoms with Crippen LogP contribution in [-0.2, 0) is 6.54 Å². The third kappa shape index (κ3) is 2.28. The summed E-state index contributed by atoms with van der Waals surface area (Å²) in [7, 11) is 0. The largest absolute Gasteiger partial charge is 0.475 e. The highest BCUT2D eigenvalue weighted by Gasteiger charge is 2.15. The van der Waals surface area contributed by atoms with Crippen LogP contribution in [0.2, 0.25) is 0 Å². The fraction of sp³-hybridized carbons (Fsp3) is 0.100. The number of carbonyl (C=O) groups is 1. The Morgan fingerprint density at radius 1 is 1.50 bits per heavy atom. The van der Waals surface area contributed by atoms with Crippen molar-refractivity contribution in [1.29, 1.82) is 0 Å². The van der Waals surface area contributed by atoms with Gasteiger partial charge in [0.2, 0.25) is 5.76 Å². The van der Waals surface area contributed by atoms with Crippen molar-refractivity contribution in [3.05, 3.63) is 55.2 Å². The molecule has 2 N–H and O–H groups in total. The van der Waals surface area contributed by atoms with Crippen LogP contribution >= 0.6 is 15.9 Å².